The monoisotopic (exact) mass is 311 g/mol. The van der Waals surface area contributed by atoms with Gasteiger partial charge >= 0.3 is 0 Å². The third-order valence-electron chi connectivity index (χ3n) is 4.26. The fraction of sp³-hybridized carbons (Fsp3) is 0.389. The molecule has 0 unspecified atom stereocenters. The maximum absolute atomic E-state index is 12.4. The summed E-state index contributed by atoms with van der Waals surface area (Å²) in [7, 11) is 0. The highest BCUT2D eigenvalue weighted by molar-refractivity contribution is 5.92. The summed E-state index contributed by atoms with van der Waals surface area (Å²) in [6.07, 6.45) is 5.42. The van der Waals surface area contributed by atoms with Crippen molar-refractivity contribution in [2.45, 2.75) is 45.1 Å². The van der Waals surface area contributed by atoms with Crippen molar-refractivity contribution in [1.29, 1.82) is 0 Å². The first-order valence-electron chi connectivity index (χ1n) is 8.12. The zero-order valence-corrected chi connectivity index (χ0v) is 13.3. The van der Waals surface area contributed by atoms with Gasteiger partial charge in [0.2, 0.25) is 5.43 Å². The smallest absolute Gasteiger partial charge is 0.276 e. The lowest BCUT2D eigenvalue weighted by Gasteiger charge is -2.22. The molecule has 5 nitrogen and oxygen atoms in total. The van der Waals surface area contributed by atoms with Gasteiger partial charge in [-0.3, -0.25) is 9.59 Å². The number of carbonyl (C=O) groups excluding carboxylic acids is 1. The molecule has 1 N–H and O–H groups in total. The van der Waals surface area contributed by atoms with Crippen LogP contribution in [0.25, 0.3) is 5.69 Å². The van der Waals surface area contributed by atoms with Gasteiger partial charge < -0.3 is 5.32 Å². The molecule has 3 rings (SSSR count). The zero-order chi connectivity index (χ0) is 16.2. The second-order valence-electron chi connectivity index (χ2n) is 6.05. The fourth-order valence-corrected chi connectivity index (χ4v) is 3.04. The summed E-state index contributed by atoms with van der Waals surface area (Å²) in [4.78, 5) is 24.6. The van der Waals surface area contributed by atoms with Crippen molar-refractivity contribution in [2.75, 3.05) is 0 Å². The Hall–Kier alpha value is -2.43. The molecule has 1 saturated carbocycles. The van der Waals surface area contributed by atoms with Crippen molar-refractivity contribution < 1.29 is 4.79 Å². The van der Waals surface area contributed by atoms with Gasteiger partial charge in [0.05, 0.1) is 5.69 Å². The van der Waals surface area contributed by atoms with Crippen molar-refractivity contribution in [2.24, 2.45) is 0 Å². The van der Waals surface area contributed by atoms with Gasteiger partial charge in [-0.1, -0.05) is 37.5 Å². The largest absolute Gasteiger partial charge is 0.348 e. The van der Waals surface area contributed by atoms with E-state index in [9.17, 15) is 9.59 Å². The first kappa shape index (κ1) is 15.5. The van der Waals surface area contributed by atoms with E-state index in [2.05, 4.69) is 10.4 Å². The predicted octanol–water partition coefficient (Wildman–Crippen LogP) is 2.60. The fourth-order valence-electron chi connectivity index (χ4n) is 3.04. The zero-order valence-electron chi connectivity index (χ0n) is 13.3. The molecule has 5 heteroatoms. The van der Waals surface area contributed by atoms with Crippen LogP contribution in [0, 0.1) is 6.92 Å². The van der Waals surface area contributed by atoms with Gasteiger partial charge in [0, 0.05) is 17.8 Å². The maximum Gasteiger partial charge on any atom is 0.276 e. The van der Waals surface area contributed by atoms with Crippen LogP contribution in [-0.4, -0.2) is 21.7 Å². The normalized spacial score (nSPS) is 15.3. The summed E-state index contributed by atoms with van der Waals surface area (Å²) in [6.45, 7) is 1.81. The van der Waals surface area contributed by atoms with Crippen LogP contribution in [0.1, 0.15) is 48.3 Å². The number of carbonyl (C=O) groups is 1. The molecule has 0 radical (unpaired) electrons. The van der Waals surface area contributed by atoms with Gasteiger partial charge in [-0.15, -0.1) is 0 Å². The molecule has 23 heavy (non-hydrogen) atoms. The SMILES string of the molecule is Cc1cc(=O)c(C(=O)NC2CCCCC2)nn1-c1ccccc1. The highest BCUT2D eigenvalue weighted by atomic mass is 16.2. The summed E-state index contributed by atoms with van der Waals surface area (Å²) in [5, 5.41) is 7.26. The quantitative estimate of drug-likeness (QED) is 0.947. The van der Waals surface area contributed by atoms with Crippen molar-refractivity contribution in [3.05, 3.63) is 58.0 Å². The molecular weight excluding hydrogens is 290 g/mol. The number of para-hydroxylation sites is 1. The molecule has 2 aromatic rings. The summed E-state index contributed by atoms with van der Waals surface area (Å²) < 4.78 is 1.64. The lowest BCUT2D eigenvalue weighted by atomic mass is 9.95. The van der Waals surface area contributed by atoms with Crippen molar-refractivity contribution in [1.82, 2.24) is 15.1 Å². The third-order valence-corrected chi connectivity index (χ3v) is 4.26. The Bertz CT molecular complexity index is 747. The first-order chi connectivity index (χ1) is 11.1. The van der Waals surface area contributed by atoms with E-state index in [1.165, 1.54) is 12.5 Å². The second kappa shape index (κ2) is 6.77. The summed E-state index contributed by atoms with van der Waals surface area (Å²) in [5.41, 5.74) is 1.17. The van der Waals surface area contributed by atoms with Crippen LogP contribution in [0.5, 0.6) is 0 Å². The van der Waals surface area contributed by atoms with Crippen LogP contribution in [0.15, 0.2) is 41.2 Å². The molecule has 0 bridgehead atoms. The molecule has 0 spiro atoms. The predicted molar refractivity (Wildman–Crippen MR) is 88.9 cm³/mol. The molecule has 0 aliphatic heterocycles. The Morgan fingerprint density at radius 1 is 1.17 bits per heavy atom. The van der Waals surface area contributed by atoms with Gasteiger partial charge in [0.25, 0.3) is 5.91 Å². The highest BCUT2D eigenvalue weighted by Crippen LogP contribution is 2.17. The molecule has 1 aromatic carbocycles. The molecule has 1 aliphatic carbocycles. The Morgan fingerprint density at radius 3 is 2.57 bits per heavy atom. The number of aryl methyl sites for hydroxylation is 1. The van der Waals surface area contributed by atoms with Gasteiger partial charge in [0.1, 0.15) is 0 Å². The molecule has 0 saturated heterocycles. The van der Waals surface area contributed by atoms with E-state index in [0.717, 1.165) is 31.4 Å². The van der Waals surface area contributed by atoms with Crippen LogP contribution in [0.2, 0.25) is 0 Å². The molecule has 1 aromatic heterocycles. The van der Waals surface area contributed by atoms with Crippen LogP contribution >= 0.6 is 0 Å². The van der Waals surface area contributed by atoms with Gasteiger partial charge in [-0.05, 0) is 31.9 Å². The Labute approximate surface area is 135 Å². The minimum atomic E-state index is -0.369. The maximum atomic E-state index is 12.4. The topological polar surface area (TPSA) is 64.0 Å². The minimum Gasteiger partial charge on any atom is -0.348 e. The number of hydrogen-bond donors (Lipinski definition) is 1. The van der Waals surface area contributed by atoms with Crippen LogP contribution in [-0.2, 0) is 0 Å². The average Bonchev–Trinajstić information content (AvgIpc) is 2.56. The average molecular weight is 311 g/mol. The summed E-state index contributed by atoms with van der Waals surface area (Å²) in [6, 6.07) is 11.1. The third kappa shape index (κ3) is 3.50. The van der Waals surface area contributed by atoms with Crippen LogP contribution in [0.3, 0.4) is 0 Å². The number of aromatic nitrogens is 2. The standard InChI is InChI=1S/C18H21N3O2/c1-13-12-16(22)17(18(23)19-14-8-4-2-5-9-14)20-21(13)15-10-6-3-7-11-15/h3,6-7,10-12,14H,2,4-5,8-9H2,1H3,(H,19,23). The first-order valence-corrected chi connectivity index (χ1v) is 8.12. The number of nitrogens with zero attached hydrogens (tertiary/aromatic N) is 2. The highest BCUT2D eigenvalue weighted by Gasteiger charge is 2.20. The Morgan fingerprint density at radius 2 is 1.87 bits per heavy atom. The van der Waals surface area contributed by atoms with E-state index in [4.69, 9.17) is 0 Å². The lowest BCUT2D eigenvalue weighted by Crippen LogP contribution is -2.39. The van der Waals surface area contributed by atoms with Gasteiger partial charge in [-0.2, -0.15) is 5.10 Å². The van der Waals surface area contributed by atoms with E-state index in [1.807, 2.05) is 37.3 Å². The van der Waals surface area contributed by atoms with Crippen LogP contribution < -0.4 is 10.7 Å². The van der Waals surface area contributed by atoms with E-state index in [1.54, 1.807) is 4.68 Å². The minimum absolute atomic E-state index is 0.0370. The number of nitrogens with one attached hydrogen (secondary N) is 1. The molecule has 1 heterocycles. The number of hydrogen-bond acceptors (Lipinski definition) is 3. The second-order valence-corrected chi connectivity index (χ2v) is 6.05. The molecule has 0 atom stereocenters. The number of benzene rings is 1. The Balaban J connectivity index is 1.89. The van der Waals surface area contributed by atoms with Crippen molar-refractivity contribution >= 4 is 5.91 Å². The van der Waals surface area contributed by atoms with E-state index in [0.29, 0.717) is 5.69 Å². The molecule has 1 aliphatic rings. The van der Waals surface area contributed by atoms with Gasteiger partial charge in [-0.25, -0.2) is 4.68 Å². The van der Waals surface area contributed by atoms with E-state index >= 15 is 0 Å². The van der Waals surface area contributed by atoms with Crippen molar-refractivity contribution in [3.63, 3.8) is 0 Å². The number of rotatable bonds is 3. The molecule has 1 fully saturated rings. The lowest BCUT2D eigenvalue weighted by molar-refractivity contribution is 0.0919. The van der Waals surface area contributed by atoms with Crippen LogP contribution in [0.4, 0.5) is 0 Å². The summed E-state index contributed by atoms with van der Waals surface area (Å²) in [5.74, 6) is -0.369. The van der Waals surface area contributed by atoms with Crippen molar-refractivity contribution in [3.8, 4) is 5.69 Å². The molecular formula is C18H21N3O2. The van der Waals surface area contributed by atoms with E-state index < -0.39 is 0 Å². The van der Waals surface area contributed by atoms with E-state index in [-0.39, 0.29) is 23.1 Å². The molecule has 120 valence electrons. The summed E-state index contributed by atoms with van der Waals surface area (Å²) >= 11 is 0. The molecule has 1 amide bonds. The number of amides is 1. The Kier molecular flexibility index (Phi) is 4.55. The van der Waals surface area contributed by atoms with Gasteiger partial charge in [0.15, 0.2) is 5.69 Å².